The number of nitrogens with one attached hydrogen (secondary N) is 1. The Morgan fingerprint density at radius 2 is 2.50 bits per heavy atom. The Hall–Kier alpha value is -0.150. The molecule has 1 aliphatic heterocycles. The minimum absolute atomic E-state index is 0.285. The molecule has 0 bridgehead atoms. The molecular weight excluding hydrogens is 109 g/mol. The van der Waals surface area contributed by atoms with Gasteiger partial charge < -0.3 is 10.4 Å². The summed E-state index contributed by atoms with van der Waals surface area (Å²) in [5, 5.41) is 11.8. The van der Waals surface area contributed by atoms with Gasteiger partial charge in [-0.05, 0) is 6.92 Å². The first kappa shape index (κ1) is 5.98. The zero-order valence-electron chi connectivity index (χ0n) is 4.82. The van der Waals surface area contributed by atoms with Gasteiger partial charge in [-0.1, -0.05) is 0 Å². The topological polar surface area (TPSA) is 32.3 Å². The van der Waals surface area contributed by atoms with Crippen molar-refractivity contribution >= 4 is 0 Å². The van der Waals surface area contributed by atoms with Gasteiger partial charge in [-0.25, -0.2) is 4.39 Å². The minimum Gasteiger partial charge on any atom is -0.386 e. The van der Waals surface area contributed by atoms with E-state index in [1.807, 2.05) is 0 Å². The molecule has 1 rings (SSSR count). The van der Waals surface area contributed by atoms with Crippen LogP contribution in [0.4, 0.5) is 4.39 Å². The van der Waals surface area contributed by atoms with Gasteiger partial charge >= 0.3 is 0 Å². The minimum atomic E-state index is -1.12. The highest BCUT2D eigenvalue weighted by molar-refractivity contribution is 4.91. The van der Waals surface area contributed by atoms with Gasteiger partial charge in [0.2, 0.25) is 0 Å². The fourth-order valence-corrected chi connectivity index (χ4v) is 0.783. The number of aliphatic hydroxyl groups is 1. The summed E-state index contributed by atoms with van der Waals surface area (Å²) in [7, 11) is 0. The maximum atomic E-state index is 12.4. The molecule has 0 aromatic carbocycles. The van der Waals surface area contributed by atoms with Crippen LogP contribution in [-0.4, -0.2) is 30.0 Å². The maximum Gasteiger partial charge on any atom is 0.142 e. The average Bonchev–Trinajstić information content (AvgIpc) is 1.86. The predicted molar refractivity (Wildman–Crippen MR) is 28.4 cm³/mol. The van der Waals surface area contributed by atoms with Crippen LogP contribution in [0.15, 0.2) is 0 Å². The van der Waals surface area contributed by atoms with Crippen LogP contribution >= 0.6 is 0 Å². The second-order valence-electron chi connectivity index (χ2n) is 2.46. The molecule has 2 nitrogen and oxygen atoms in total. The van der Waals surface area contributed by atoms with Crippen LogP contribution in [-0.2, 0) is 0 Å². The second-order valence-corrected chi connectivity index (χ2v) is 2.46. The molecule has 0 aliphatic carbocycles. The Labute approximate surface area is 47.7 Å². The normalized spacial score (nSPS) is 47.6. The van der Waals surface area contributed by atoms with Crippen LogP contribution in [0.5, 0.6) is 0 Å². The molecule has 0 aromatic rings. The first-order valence-corrected chi connectivity index (χ1v) is 2.70. The van der Waals surface area contributed by atoms with E-state index in [2.05, 4.69) is 5.32 Å². The zero-order valence-corrected chi connectivity index (χ0v) is 4.82. The molecule has 8 heavy (non-hydrogen) atoms. The lowest BCUT2D eigenvalue weighted by Crippen LogP contribution is -2.34. The van der Waals surface area contributed by atoms with Crippen molar-refractivity contribution in [2.45, 2.75) is 18.7 Å². The van der Waals surface area contributed by atoms with Crippen molar-refractivity contribution in [3.63, 3.8) is 0 Å². The smallest absolute Gasteiger partial charge is 0.142 e. The molecule has 1 heterocycles. The van der Waals surface area contributed by atoms with Gasteiger partial charge in [-0.3, -0.25) is 0 Å². The van der Waals surface area contributed by atoms with Crippen molar-refractivity contribution in [3.8, 4) is 0 Å². The molecule has 0 spiro atoms. The van der Waals surface area contributed by atoms with Crippen LogP contribution in [0.2, 0.25) is 0 Å². The number of hydrogen-bond donors (Lipinski definition) is 2. The number of rotatable bonds is 0. The summed E-state index contributed by atoms with van der Waals surface area (Å²) in [6.07, 6.45) is -1.09. The maximum absolute atomic E-state index is 12.4. The molecule has 0 amide bonds. The van der Waals surface area contributed by atoms with E-state index >= 15 is 0 Å². The Bertz CT molecular complexity index is 94.4. The molecule has 0 radical (unpaired) electrons. The Balaban J connectivity index is 2.54. The van der Waals surface area contributed by atoms with Crippen LogP contribution in [0.25, 0.3) is 0 Å². The number of alkyl halides is 1. The summed E-state index contributed by atoms with van der Waals surface area (Å²) < 4.78 is 12.4. The fraction of sp³-hybridized carbons (Fsp3) is 1.00. The van der Waals surface area contributed by atoms with E-state index in [4.69, 9.17) is 5.11 Å². The largest absolute Gasteiger partial charge is 0.386 e. The summed E-state index contributed by atoms with van der Waals surface area (Å²) in [6.45, 7) is 2.15. The van der Waals surface area contributed by atoms with E-state index in [1.54, 1.807) is 0 Å². The summed E-state index contributed by atoms with van der Waals surface area (Å²) in [5.41, 5.74) is -1.12. The summed E-state index contributed by atoms with van der Waals surface area (Å²) in [4.78, 5) is 0. The molecule has 0 saturated carbocycles. The lowest BCUT2D eigenvalue weighted by molar-refractivity contribution is 0.0177. The number of hydrogen-bond acceptors (Lipinski definition) is 2. The monoisotopic (exact) mass is 119 g/mol. The van der Waals surface area contributed by atoms with Crippen molar-refractivity contribution in [2.24, 2.45) is 0 Å². The van der Waals surface area contributed by atoms with Gasteiger partial charge in [0.25, 0.3) is 0 Å². The van der Waals surface area contributed by atoms with Crippen molar-refractivity contribution in [1.29, 1.82) is 0 Å². The van der Waals surface area contributed by atoms with Gasteiger partial charge in [0.15, 0.2) is 0 Å². The molecule has 48 valence electrons. The summed E-state index contributed by atoms with van der Waals surface area (Å²) in [6, 6.07) is 0. The quantitative estimate of drug-likeness (QED) is 0.458. The Morgan fingerprint density at radius 1 is 1.88 bits per heavy atom. The first-order chi connectivity index (χ1) is 3.63. The Kier molecular flexibility index (Phi) is 1.25. The standard InChI is InChI=1S/C5H10FNO/c1-5(8)3-7-2-4(5)6/h4,7-8H,2-3H2,1H3. The molecule has 1 fully saturated rings. The van der Waals surface area contributed by atoms with Gasteiger partial charge in [0.05, 0.1) is 0 Å². The third kappa shape index (κ3) is 0.833. The molecule has 2 N–H and O–H groups in total. The van der Waals surface area contributed by atoms with Crippen LogP contribution in [0.1, 0.15) is 6.92 Å². The second kappa shape index (κ2) is 1.67. The van der Waals surface area contributed by atoms with E-state index in [9.17, 15) is 4.39 Å². The van der Waals surface area contributed by atoms with Crippen LogP contribution < -0.4 is 5.32 Å². The highest BCUT2D eigenvalue weighted by Gasteiger charge is 2.36. The van der Waals surface area contributed by atoms with E-state index in [0.29, 0.717) is 6.54 Å². The van der Waals surface area contributed by atoms with Gasteiger partial charge in [-0.15, -0.1) is 0 Å². The van der Waals surface area contributed by atoms with E-state index < -0.39 is 11.8 Å². The summed E-state index contributed by atoms with van der Waals surface area (Å²) in [5.74, 6) is 0. The molecular formula is C5H10FNO. The molecule has 2 unspecified atom stereocenters. The van der Waals surface area contributed by atoms with Crippen molar-refractivity contribution in [2.75, 3.05) is 13.1 Å². The van der Waals surface area contributed by atoms with Crippen molar-refractivity contribution < 1.29 is 9.50 Å². The van der Waals surface area contributed by atoms with E-state index in [1.165, 1.54) is 6.92 Å². The summed E-state index contributed by atoms with van der Waals surface area (Å²) >= 11 is 0. The zero-order chi connectivity index (χ0) is 6.20. The van der Waals surface area contributed by atoms with Gasteiger partial charge in [0, 0.05) is 13.1 Å². The molecule has 1 saturated heterocycles. The third-order valence-corrected chi connectivity index (χ3v) is 1.48. The van der Waals surface area contributed by atoms with E-state index in [-0.39, 0.29) is 6.54 Å². The lowest BCUT2D eigenvalue weighted by atomic mass is 10.1. The predicted octanol–water partition coefficient (Wildman–Crippen LogP) is -0.321. The van der Waals surface area contributed by atoms with Crippen molar-refractivity contribution in [1.82, 2.24) is 5.32 Å². The molecule has 0 aromatic heterocycles. The lowest BCUT2D eigenvalue weighted by Gasteiger charge is -2.16. The Morgan fingerprint density at radius 3 is 2.62 bits per heavy atom. The van der Waals surface area contributed by atoms with Gasteiger partial charge in [-0.2, -0.15) is 0 Å². The molecule has 3 heteroatoms. The van der Waals surface area contributed by atoms with E-state index in [0.717, 1.165) is 0 Å². The highest BCUT2D eigenvalue weighted by Crippen LogP contribution is 2.16. The molecule has 1 aliphatic rings. The SMILES string of the molecule is CC1(O)CNCC1F. The number of halogens is 1. The van der Waals surface area contributed by atoms with Crippen LogP contribution in [0, 0.1) is 0 Å². The highest BCUT2D eigenvalue weighted by atomic mass is 19.1. The van der Waals surface area contributed by atoms with Crippen LogP contribution in [0.3, 0.4) is 0 Å². The molecule has 2 atom stereocenters. The number of β-amino-alcohol motifs (C(OH)–C–C–N with tert-alkyl or cyclic N) is 1. The van der Waals surface area contributed by atoms with Gasteiger partial charge in [0.1, 0.15) is 11.8 Å². The van der Waals surface area contributed by atoms with Crippen molar-refractivity contribution in [3.05, 3.63) is 0 Å². The third-order valence-electron chi connectivity index (χ3n) is 1.48. The fourth-order valence-electron chi connectivity index (χ4n) is 0.783. The average molecular weight is 119 g/mol. The first-order valence-electron chi connectivity index (χ1n) is 2.70.